The topological polar surface area (TPSA) is 75.7 Å². The average molecular weight is 425 g/mol. The molecule has 3 rings (SSSR count). The van der Waals surface area contributed by atoms with Gasteiger partial charge in [-0.25, -0.2) is 8.42 Å². The van der Waals surface area contributed by atoms with Gasteiger partial charge in [0.05, 0.1) is 10.6 Å². The van der Waals surface area contributed by atoms with Crippen molar-refractivity contribution in [3.05, 3.63) is 84.4 Å². The molecule has 6 nitrogen and oxygen atoms in total. The van der Waals surface area contributed by atoms with Crippen LogP contribution in [0.2, 0.25) is 0 Å². The second-order valence-electron chi connectivity index (χ2n) is 6.90. The van der Waals surface area contributed by atoms with Crippen LogP contribution in [-0.4, -0.2) is 27.5 Å². The molecule has 0 aromatic heterocycles. The number of amides is 1. The summed E-state index contributed by atoms with van der Waals surface area (Å²) in [6, 6.07) is 22.3. The molecule has 30 heavy (non-hydrogen) atoms. The smallest absolute Gasteiger partial charge is 0.265 e. The third-order valence-corrected chi connectivity index (χ3v) is 6.37. The molecule has 1 amide bonds. The molecule has 3 aromatic carbocycles. The van der Waals surface area contributed by atoms with Gasteiger partial charge >= 0.3 is 0 Å². The van der Waals surface area contributed by atoms with Gasteiger partial charge in [0.2, 0.25) is 0 Å². The minimum absolute atomic E-state index is 0.135. The summed E-state index contributed by atoms with van der Waals surface area (Å²) in [5, 5.41) is 2.74. The van der Waals surface area contributed by atoms with Crippen LogP contribution in [0.4, 0.5) is 11.4 Å². The van der Waals surface area contributed by atoms with Gasteiger partial charge in [0.1, 0.15) is 5.75 Å². The number of ether oxygens (including phenoxy) is 1. The highest BCUT2D eigenvalue weighted by Crippen LogP contribution is 2.23. The number of carbonyl (C=O) groups excluding carboxylic acids is 1. The molecule has 0 spiro atoms. The molecule has 0 bridgehead atoms. The lowest BCUT2D eigenvalue weighted by molar-refractivity contribution is -0.122. The Morgan fingerprint density at radius 1 is 0.967 bits per heavy atom. The zero-order valence-corrected chi connectivity index (χ0v) is 17.9. The van der Waals surface area contributed by atoms with Crippen molar-refractivity contribution in [1.82, 2.24) is 0 Å². The van der Waals surface area contributed by atoms with E-state index < -0.39 is 16.1 Å². The van der Waals surface area contributed by atoms with Crippen molar-refractivity contribution < 1.29 is 17.9 Å². The van der Waals surface area contributed by atoms with Gasteiger partial charge in [-0.3, -0.25) is 9.10 Å². The molecule has 0 aliphatic rings. The number of rotatable bonds is 7. The van der Waals surface area contributed by atoms with E-state index in [0.29, 0.717) is 17.1 Å². The maximum atomic E-state index is 12.8. The van der Waals surface area contributed by atoms with Gasteiger partial charge in [-0.2, -0.15) is 0 Å². The van der Waals surface area contributed by atoms with Crippen molar-refractivity contribution in [1.29, 1.82) is 0 Å². The third-order valence-electron chi connectivity index (χ3n) is 4.57. The molecule has 0 aliphatic carbocycles. The number of hydrogen-bond donors (Lipinski definition) is 1. The van der Waals surface area contributed by atoms with Gasteiger partial charge in [0.15, 0.2) is 6.10 Å². The van der Waals surface area contributed by atoms with Crippen LogP contribution in [0.25, 0.3) is 0 Å². The Morgan fingerprint density at radius 3 is 2.27 bits per heavy atom. The first kappa shape index (κ1) is 21.4. The fraction of sp³-hybridized carbons (Fsp3) is 0.174. The number of benzene rings is 3. The summed E-state index contributed by atoms with van der Waals surface area (Å²) in [7, 11) is -2.20. The SMILES string of the molecule is Cc1cccc(OC(C)C(=O)Nc2ccc(S(=O)(=O)N(C)c3ccccc3)cc2)c1. The predicted octanol–water partition coefficient (Wildman–Crippen LogP) is 4.23. The van der Waals surface area contributed by atoms with Crippen molar-refractivity contribution in [2.75, 3.05) is 16.7 Å². The van der Waals surface area contributed by atoms with E-state index in [9.17, 15) is 13.2 Å². The van der Waals surface area contributed by atoms with E-state index in [0.717, 1.165) is 5.56 Å². The molecule has 0 saturated heterocycles. The van der Waals surface area contributed by atoms with E-state index in [1.807, 2.05) is 31.2 Å². The molecule has 156 valence electrons. The molecule has 0 aliphatic heterocycles. The molecule has 0 fully saturated rings. The van der Waals surface area contributed by atoms with Crippen LogP contribution >= 0.6 is 0 Å². The van der Waals surface area contributed by atoms with E-state index in [-0.39, 0.29) is 10.8 Å². The highest BCUT2D eigenvalue weighted by molar-refractivity contribution is 7.92. The van der Waals surface area contributed by atoms with E-state index >= 15 is 0 Å². The standard InChI is InChI=1S/C23H24N2O4S/c1-17-8-7-11-21(16-17)29-18(2)23(26)24-19-12-14-22(15-13-19)30(27,28)25(3)20-9-5-4-6-10-20/h4-16,18H,1-3H3,(H,24,26). The first-order valence-corrected chi connectivity index (χ1v) is 10.9. The summed E-state index contributed by atoms with van der Waals surface area (Å²) >= 11 is 0. The van der Waals surface area contributed by atoms with E-state index in [4.69, 9.17) is 4.74 Å². The maximum Gasteiger partial charge on any atom is 0.265 e. The van der Waals surface area contributed by atoms with Gasteiger partial charge in [-0.1, -0.05) is 30.3 Å². The molecular formula is C23H24N2O4S. The molecule has 1 unspecified atom stereocenters. The number of hydrogen-bond acceptors (Lipinski definition) is 4. The van der Waals surface area contributed by atoms with Gasteiger partial charge < -0.3 is 10.1 Å². The monoisotopic (exact) mass is 424 g/mol. The zero-order chi connectivity index (χ0) is 21.7. The molecule has 1 N–H and O–H groups in total. The summed E-state index contributed by atoms with van der Waals surface area (Å²) in [4.78, 5) is 12.5. The van der Waals surface area contributed by atoms with Crippen LogP contribution in [0.15, 0.2) is 83.8 Å². The van der Waals surface area contributed by atoms with Crippen LogP contribution in [0.1, 0.15) is 12.5 Å². The largest absolute Gasteiger partial charge is 0.481 e. The second-order valence-corrected chi connectivity index (χ2v) is 8.87. The molecule has 7 heteroatoms. The lowest BCUT2D eigenvalue weighted by Gasteiger charge is -2.19. The van der Waals surface area contributed by atoms with E-state index in [1.54, 1.807) is 49.4 Å². The summed E-state index contributed by atoms with van der Waals surface area (Å²) in [6.07, 6.45) is -0.709. The molecule has 0 radical (unpaired) electrons. The van der Waals surface area contributed by atoms with Crippen molar-refractivity contribution >= 4 is 27.3 Å². The molecule has 0 saturated carbocycles. The molecule has 1 atom stereocenters. The Bertz CT molecular complexity index is 1110. The zero-order valence-electron chi connectivity index (χ0n) is 17.1. The Balaban J connectivity index is 1.67. The number of sulfonamides is 1. The Kier molecular flexibility index (Phi) is 6.42. The number of aryl methyl sites for hydroxylation is 1. The van der Waals surface area contributed by atoms with Crippen molar-refractivity contribution in [2.45, 2.75) is 24.8 Å². The van der Waals surface area contributed by atoms with Gasteiger partial charge in [0.25, 0.3) is 15.9 Å². The van der Waals surface area contributed by atoms with Crippen molar-refractivity contribution in [3.63, 3.8) is 0 Å². The minimum Gasteiger partial charge on any atom is -0.481 e. The van der Waals surface area contributed by atoms with Crippen LogP contribution in [0.3, 0.4) is 0 Å². The van der Waals surface area contributed by atoms with Gasteiger partial charge in [-0.05, 0) is 67.9 Å². The lowest BCUT2D eigenvalue weighted by atomic mass is 10.2. The van der Waals surface area contributed by atoms with Crippen molar-refractivity contribution in [3.8, 4) is 5.75 Å². The summed E-state index contributed by atoms with van der Waals surface area (Å²) in [5.41, 5.74) is 2.09. The van der Waals surface area contributed by atoms with Crippen LogP contribution in [0.5, 0.6) is 5.75 Å². The summed E-state index contributed by atoms with van der Waals surface area (Å²) in [5.74, 6) is 0.288. The third kappa shape index (κ3) is 4.99. The Hall–Kier alpha value is -3.32. The summed E-state index contributed by atoms with van der Waals surface area (Å²) < 4.78 is 32.5. The van der Waals surface area contributed by atoms with Crippen LogP contribution in [0, 0.1) is 6.92 Å². The Labute approximate surface area is 177 Å². The first-order chi connectivity index (χ1) is 14.3. The molecule has 3 aromatic rings. The normalized spacial score (nSPS) is 12.1. The molecular weight excluding hydrogens is 400 g/mol. The average Bonchev–Trinajstić information content (AvgIpc) is 2.74. The fourth-order valence-corrected chi connectivity index (χ4v) is 4.03. The number of nitrogens with zero attached hydrogens (tertiary/aromatic N) is 1. The van der Waals surface area contributed by atoms with Gasteiger partial charge in [0, 0.05) is 12.7 Å². The fourth-order valence-electron chi connectivity index (χ4n) is 2.84. The number of anilines is 2. The highest BCUT2D eigenvalue weighted by atomic mass is 32.2. The van der Waals surface area contributed by atoms with Crippen LogP contribution < -0.4 is 14.4 Å². The number of para-hydroxylation sites is 1. The van der Waals surface area contributed by atoms with E-state index in [1.165, 1.54) is 23.5 Å². The predicted molar refractivity (Wildman–Crippen MR) is 118 cm³/mol. The maximum absolute atomic E-state index is 12.8. The Morgan fingerprint density at radius 2 is 1.63 bits per heavy atom. The quantitative estimate of drug-likeness (QED) is 0.616. The summed E-state index contributed by atoms with van der Waals surface area (Å²) in [6.45, 7) is 3.60. The second kappa shape index (κ2) is 9.00. The lowest BCUT2D eigenvalue weighted by Crippen LogP contribution is -2.30. The van der Waals surface area contributed by atoms with E-state index in [2.05, 4.69) is 5.32 Å². The number of carbonyl (C=O) groups is 1. The first-order valence-electron chi connectivity index (χ1n) is 9.45. The van der Waals surface area contributed by atoms with Crippen molar-refractivity contribution in [2.24, 2.45) is 0 Å². The van der Waals surface area contributed by atoms with Gasteiger partial charge in [-0.15, -0.1) is 0 Å². The highest BCUT2D eigenvalue weighted by Gasteiger charge is 2.21. The van der Waals surface area contributed by atoms with Crippen LogP contribution in [-0.2, 0) is 14.8 Å². The molecule has 0 heterocycles. The minimum atomic E-state index is -3.70. The number of nitrogens with one attached hydrogen (secondary N) is 1.